The summed E-state index contributed by atoms with van der Waals surface area (Å²) < 4.78 is 1.67. The van der Waals surface area contributed by atoms with Crippen molar-refractivity contribution in [1.29, 1.82) is 0 Å². The van der Waals surface area contributed by atoms with E-state index in [-0.39, 0.29) is 11.2 Å². The number of nitrogens with zero attached hydrogens (tertiary/aromatic N) is 5. The number of carbonyl (C=O) groups is 1. The molecule has 1 unspecified atom stereocenters. The van der Waals surface area contributed by atoms with E-state index >= 15 is 0 Å². The summed E-state index contributed by atoms with van der Waals surface area (Å²) in [6.07, 6.45) is 2.19. The molecule has 0 saturated heterocycles. The molecule has 7 nitrogen and oxygen atoms in total. The van der Waals surface area contributed by atoms with Crippen LogP contribution in [0.2, 0.25) is 5.02 Å². The van der Waals surface area contributed by atoms with E-state index < -0.39 is 6.09 Å². The minimum Gasteiger partial charge on any atom is -0.464 e. The quantitative estimate of drug-likeness (QED) is 0.210. The van der Waals surface area contributed by atoms with Gasteiger partial charge in [0.15, 0.2) is 16.6 Å². The van der Waals surface area contributed by atoms with Crippen molar-refractivity contribution < 1.29 is 9.90 Å². The van der Waals surface area contributed by atoms with Crippen molar-refractivity contribution >= 4 is 63.6 Å². The molecule has 158 valence electrons. The summed E-state index contributed by atoms with van der Waals surface area (Å²) in [6, 6.07) is 16.3. The second-order valence-electron chi connectivity index (χ2n) is 6.57. The lowest BCUT2D eigenvalue weighted by Crippen LogP contribution is -2.25. The van der Waals surface area contributed by atoms with Crippen LogP contribution in [-0.4, -0.2) is 37.2 Å². The first kappa shape index (κ1) is 21.4. The number of aromatic nitrogens is 4. The second-order valence-corrected chi connectivity index (χ2v) is 8.31. The second kappa shape index (κ2) is 9.13. The summed E-state index contributed by atoms with van der Waals surface area (Å²) in [5, 5.41) is 15.4. The molecule has 0 fully saturated rings. The minimum absolute atomic E-state index is 0.209. The molecule has 0 bridgehead atoms. The van der Waals surface area contributed by atoms with E-state index in [4.69, 9.17) is 23.2 Å². The van der Waals surface area contributed by atoms with Gasteiger partial charge in [0.05, 0.1) is 29.2 Å². The lowest BCUT2D eigenvalue weighted by atomic mass is 10.1. The van der Waals surface area contributed by atoms with E-state index in [0.29, 0.717) is 33.4 Å². The first-order valence-electron chi connectivity index (χ1n) is 9.23. The number of thioether (sulfide) groups is 1. The third-order valence-corrected chi connectivity index (χ3v) is 5.77. The van der Waals surface area contributed by atoms with Crippen LogP contribution < -0.4 is 4.90 Å². The summed E-state index contributed by atoms with van der Waals surface area (Å²) >= 11 is 14.0. The van der Waals surface area contributed by atoms with Gasteiger partial charge in [-0.25, -0.2) is 24.3 Å². The number of anilines is 2. The van der Waals surface area contributed by atoms with Crippen LogP contribution in [0.15, 0.2) is 66.0 Å². The number of rotatable bonds is 6. The van der Waals surface area contributed by atoms with Crippen LogP contribution in [-0.2, 0) is 6.54 Å². The summed E-state index contributed by atoms with van der Waals surface area (Å²) in [5.74, 6) is 0.209. The Morgan fingerprint density at radius 2 is 1.97 bits per heavy atom. The van der Waals surface area contributed by atoms with Crippen LogP contribution in [0.4, 0.5) is 16.3 Å². The monoisotopic (exact) mass is 473 g/mol. The molecule has 10 heteroatoms. The Bertz CT molecular complexity index is 1240. The van der Waals surface area contributed by atoms with Crippen molar-refractivity contribution in [2.75, 3.05) is 11.2 Å². The number of hydrogen-bond donors (Lipinski definition) is 1. The van der Waals surface area contributed by atoms with Gasteiger partial charge in [0, 0.05) is 5.02 Å². The number of alkyl halides is 1. The van der Waals surface area contributed by atoms with Crippen LogP contribution in [0, 0.1) is 0 Å². The Labute approximate surface area is 192 Å². The summed E-state index contributed by atoms with van der Waals surface area (Å²) in [6.45, 7) is 0.365. The van der Waals surface area contributed by atoms with Crippen molar-refractivity contribution in [3.05, 3.63) is 71.4 Å². The summed E-state index contributed by atoms with van der Waals surface area (Å²) in [7, 11) is 0. The number of carboxylic acid groups (broad SMARTS) is 1. The number of halogens is 2. The van der Waals surface area contributed by atoms with Gasteiger partial charge in [-0.05, 0) is 30.0 Å². The SMILES string of the molecule is CSc1nc(N(C(=O)O)c2cccc(Cl)c2)c2cnn(CC(Cl)c3ccccc3)c2n1. The molecule has 0 aliphatic heterocycles. The molecular formula is C21H17Cl2N5O2S. The zero-order chi connectivity index (χ0) is 22.0. The number of amides is 1. The van der Waals surface area contributed by atoms with Crippen LogP contribution in [0.1, 0.15) is 10.9 Å². The Kier molecular flexibility index (Phi) is 6.31. The lowest BCUT2D eigenvalue weighted by Gasteiger charge is -2.20. The van der Waals surface area contributed by atoms with E-state index in [2.05, 4.69) is 15.1 Å². The highest BCUT2D eigenvalue weighted by Gasteiger charge is 2.25. The largest absolute Gasteiger partial charge is 0.464 e. The molecule has 1 atom stereocenters. The maximum atomic E-state index is 12.2. The fraction of sp³-hybridized carbons (Fsp3) is 0.143. The maximum absolute atomic E-state index is 12.2. The zero-order valence-corrected chi connectivity index (χ0v) is 18.6. The predicted molar refractivity (Wildman–Crippen MR) is 124 cm³/mol. The van der Waals surface area contributed by atoms with Crippen molar-refractivity contribution in [3.8, 4) is 0 Å². The molecule has 0 saturated carbocycles. The van der Waals surface area contributed by atoms with Crippen LogP contribution in [0.3, 0.4) is 0 Å². The molecule has 1 amide bonds. The average molecular weight is 474 g/mol. The number of hydrogen-bond acceptors (Lipinski definition) is 5. The van der Waals surface area contributed by atoms with Crippen LogP contribution in [0.5, 0.6) is 0 Å². The molecular weight excluding hydrogens is 457 g/mol. The average Bonchev–Trinajstić information content (AvgIpc) is 3.17. The molecule has 4 aromatic rings. The maximum Gasteiger partial charge on any atom is 0.417 e. The van der Waals surface area contributed by atoms with E-state index in [1.807, 2.05) is 36.6 Å². The standard InChI is InChI=1S/C21H17Cl2N5O2S/c1-31-20-25-18-16(11-24-27(18)12-17(23)13-6-3-2-4-7-13)19(26-20)28(21(29)30)15-9-5-8-14(22)10-15/h2-11,17H,12H2,1H3,(H,29,30). The van der Waals surface area contributed by atoms with Crippen molar-refractivity contribution in [2.24, 2.45) is 0 Å². The highest BCUT2D eigenvalue weighted by molar-refractivity contribution is 7.98. The van der Waals surface area contributed by atoms with E-state index in [1.54, 1.807) is 35.1 Å². The molecule has 0 spiro atoms. The fourth-order valence-electron chi connectivity index (χ4n) is 3.17. The highest BCUT2D eigenvalue weighted by Crippen LogP contribution is 2.34. The molecule has 0 aliphatic carbocycles. The van der Waals surface area contributed by atoms with Crippen molar-refractivity contribution in [2.45, 2.75) is 17.1 Å². The Morgan fingerprint density at radius 3 is 2.65 bits per heavy atom. The van der Waals surface area contributed by atoms with Crippen LogP contribution in [0.25, 0.3) is 11.0 Å². The van der Waals surface area contributed by atoms with Gasteiger partial charge in [0.25, 0.3) is 0 Å². The normalized spacial score (nSPS) is 12.1. The smallest absolute Gasteiger partial charge is 0.417 e. The van der Waals surface area contributed by atoms with Gasteiger partial charge in [0.2, 0.25) is 0 Å². The summed E-state index contributed by atoms with van der Waals surface area (Å²) in [4.78, 5) is 22.3. The number of benzene rings is 2. The van der Waals surface area contributed by atoms with E-state index in [1.165, 1.54) is 11.8 Å². The first-order chi connectivity index (χ1) is 15.0. The summed E-state index contributed by atoms with van der Waals surface area (Å²) in [5.41, 5.74) is 1.83. The Balaban J connectivity index is 1.82. The molecule has 4 rings (SSSR count). The predicted octanol–water partition coefficient (Wildman–Crippen LogP) is 6.00. The molecule has 2 aromatic carbocycles. The fourth-order valence-corrected chi connectivity index (χ4v) is 3.99. The number of fused-ring (bicyclic) bond motifs is 1. The Morgan fingerprint density at radius 1 is 1.19 bits per heavy atom. The molecule has 31 heavy (non-hydrogen) atoms. The Hall–Kier alpha value is -2.81. The van der Waals surface area contributed by atoms with Gasteiger partial charge in [-0.15, -0.1) is 11.6 Å². The van der Waals surface area contributed by atoms with E-state index in [9.17, 15) is 9.90 Å². The first-order valence-corrected chi connectivity index (χ1v) is 11.3. The van der Waals surface area contributed by atoms with Crippen molar-refractivity contribution in [1.82, 2.24) is 19.7 Å². The zero-order valence-electron chi connectivity index (χ0n) is 16.3. The molecule has 1 N–H and O–H groups in total. The van der Waals surface area contributed by atoms with Gasteiger partial charge in [-0.1, -0.05) is 59.8 Å². The van der Waals surface area contributed by atoms with Gasteiger partial charge >= 0.3 is 6.09 Å². The highest BCUT2D eigenvalue weighted by atomic mass is 35.5. The van der Waals surface area contributed by atoms with Gasteiger partial charge in [-0.2, -0.15) is 5.10 Å². The molecule has 0 radical (unpaired) electrons. The topological polar surface area (TPSA) is 84.1 Å². The van der Waals surface area contributed by atoms with Crippen molar-refractivity contribution in [3.63, 3.8) is 0 Å². The minimum atomic E-state index is -1.19. The van der Waals surface area contributed by atoms with E-state index in [0.717, 1.165) is 10.5 Å². The molecule has 2 aromatic heterocycles. The molecule has 0 aliphatic rings. The van der Waals surface area contributed by atoms with Gasteiger partial charge in [-0.3, -0.25) is 0 Å². The molecule has 2 heterocycles. The lowest BCUT2D eigenvalue weighted by molar-refractivity contribution is 0.204. The third kappa shape index (κ3) is 4.46. The third-order valence-electron chi connectivity index (χ3n) is 4.60. The van der Waals surface area contributed by atoms with Gasteiger partial charge < -0.3 is 5.11 Å². The van der Waals surface area contributed by atoms with Crippen LogP contribution >= 0.6 is 35.0 Å². The van der Waals surface area contributed by atoms with Gasteiger partial charge in [0.1, 0.15) is 0 Å².